The second kappa shape index (κ2) is 6.04. The Labute approximate surface area is 113 Å². The zero-order chi connectivity index (χ0) is 13.8. The number of amides is 1. The van der Waals surface area contributed by atoms with Gasteiger partial charge in [0.2, 0.25) is 0 Å². The molecule has 3 N–H and O–H groups in total. The van der Waals surface area contributed by atoms with E-state index in [2.05, 4.69) is 12.2 Å². The molecule has 0 bridgehead atoms. The van der Waals surface area contributed by atoms with Gasteiger partial charge in [-0.1, -0.05) is 19.8 Å². The molecule has 1 amide bonds. The first kappa shape index (κ1) is 13.8. The molecule has 0 unspecified atom stereocenters. The van der Waals surface area contributed by atoms with Gasteiger partial charge in [-0.25, -0.2) is 4.39 Å². The van der Waals surface area contributed by atoms with Crippen LogP contribution < -0.4 is 11.1 Å². The Morgan fingerprint density at radius 1 is 1.37 bits per heavy atom. The van der Waals surface area contributed by atoms with E-state index in [-0.39, 0.29) is 11.6 Å². The highest BCUT2D eigenvalue weighted by Crippen LogP contribution is 2.27. The van der Waals surface area contributed by atoms with E-state index in [1.807, 2.05) is 0 Å². The standard InChI is InChI=1S/C15H21FN2O/c1-10-2-4-11(5-3-10)9-18-15(19)12-6-7-14(17)13(16)8-12/h6-8,10-11H,2-5,9,17H2,1H3,(H,18,19). The zero-order valence-corrected chi connectivity index (χ0v) is 11.3. The second-order valence-electron chi connectivity index (χ2n) is 5.57. The molecular formula is C15H21FN2O. The van der Waals surface area contributed by atoms with Gasteiger partial charge in [0.05, 0.1) is 5.69 Å². The molecule has 0 radical (unpaired) electrons. The molecule has 0 aromatic heterocycles. The molecule has 3 nitrogen and oxygen atoms in total. The number of hydrogen-bond donors (Lipinski definition) is 2. The van der Waals surface area contributed by atoms with Crippen molar-refractivity contribution in [3.05, 3.63) is 29.6 Å². The lowest BCUT2D eigenvalue weighted by atomic mass is 9.83. The van der Waals surface area contributed by atoms with Crippen molar-refractivity contribution < 1.29 is 9.18 Å². The molecule has 1 aliphatic rings. The first-order valence-corrected chi connectivity index (χ1v) is 6.89. The summed E-state index contributed by atoms with van der Waals surface area (Å²) in [4.78, 5) is 11.9. The minimum Gasteiger partial charge on any atom is -0.396 e. The highest BCUT2D eigenvalue weighted by molar-refractivity contribution is 5.94. The Balaban J connectivity index is 1.85. The summed E-state index contributed by atoms with van der Waals surface area (Å²) < 4.78 is 13.3. The summed E-state index contributed by atoms with van der Waals surface area (Å²) in [6.45, 7) is 2.95. The van der Waals surface area contributed by atoms with Crippen molar-refractivity contribution in [3.63, 3.8) is 0 Å². The molecular weight excluding hydrogens is 243 g/mol. The van der Waals surface area contributed by atoms with Crippen LogP contribution in [-0.4, -0.2) is 12.5 Å². The van der Waals surface area contributed by atoms with Crippen LogP contribution in [0.3, 0.4) is 0 Å². The van der Waals surface area contributed by atoms with Gasteiger partial charge in [-0.3, -0.25) is 4.79 Å². The molecule has 1 saturated carbocycles. The Morgan fingerprint density at radius 3 is 2.68 bits per heavy atom. The van der Waals surface area contributed by atoms with Crippen LogP contribution in [-0.2, 0) is 0 Å². The van der Waals surface area contributed by atoms with Crippen LogP contribution >= 0.6 is 0 Å². The molecule has 2 rings (SSSR count). The third-order valence-corrected chi connectivity index (χ3v) is 3.95. The predicted octanol–water partition coefficient (Wildman–Crippen LogP) is 2.96. The SMILES string of the molecule is CC1CCC(CNC(=O)c2ccc(N)c(F)c2)CC1. The van der Waals surface area contributed by atoms with E-state index in [0.29, 0.717) is 18.0 Å². The van der Waals surface area contributed by atoms with Gasteiger partial charge in [0.25, 0.3) is 5.91 Å². The molecule has 4 heteroatoms. The highest BCUT2D eigenvalue weighted by atomic mass is 19.1. The number of nitrogens with one attached hydrogen (secondary N) is 1. The molecule has 104 valence electrons. The van der Waals surface area contributed by atoms with Crippen LogP contribution in [0.1, 0.15) is 43.0 Å². The van der Waals surface area contributed by atoms with Crippen LogP contribution in [0.15, 0.2) is 18.2 Å². The number of nitrogen functional groups attached to an aromatic ring is 1. The Hall–Kier alpha value is -1.58. The van der Waals surface area contributed by atoms with Crippen LogP contribution in [0, 0.1) is 17.7 Å². The molecule has 1 aromatic rings. The number of carbonyl (C=O) groups is 1. The number of rotatable bonds is 3. The first-order valence-electron chi connectivity index (χ1n) is 6.89. The van der Waals surface area contributed by atoms with Gasteiger partial charge in [-0.05, 0) is 42.9 Å². The fourth-order valence-electron chi connectivity index (χ4n) is 2.54. The van der Waals surface area contributed by atoms with Crippen molar-refractivity contribution in [2.45, 2.75) is 32.6 Å². The van der Waals surface area contributed by atoms with Crippen molar-refractivity contribution in [1.29, 1.82) is 0 Å². The van der Waals surface area contributed by atoms with Crippen molar-refractivity contribution in [3.8, 4) is 0 Å². The maximum Gasteiger partial charge on any atom is 0.251 e. The fraction of sp³-hybridized carbons (Fsp3) is 0.533. The third kappa shape index (κ3) is 3.69. The van der Waals surface area contributed by atoms with Crippen LogP contribution in [0.4, 0.5) is 10.1 Å². The maximum atomic E-state index is 13.3. The van der Waals surface area contributed by atoms with Crippen LogP contribution in [0.25, 0.3) is 0 Å². The minimum absolute atomic E-state index is 0.0674. The molecule has 19 heavy (non-hydrogen) atoms. The number of nitrogens with two attached hydrogens (primary N) is 1. The second-order valence-corrected chi connectivity index (χ2v) is 5.57. The van der Waals surface area contributed by atoms with E-state index in [0.717, 1.165) is 18.8 Å². The third-order valence-electron chi connectivity index (χ3n) is 3.95. The van der Waals surface area contributed by atoms with Gasteiger partial charge >= 0.3 is 0 Å². The summed E-state index contributed by atoms with van der Waals surface area (Å²) in [5.41, 5.74) is 5.78. The monoisotopic (exact) mass is 264 g/mol. The quantitative estimate of drug-likeness (QED) is 0.825. The van der Waals surface area contributed by atoms with E-state index in [4.69, 9.17) is 5.73 Å². The van der Waals surface area contributed by atoms with Crippen molar-refractivity contribution >= 4 is 11.6 Å². The van der Waals surface area contributed by atoms with Gasteiger partial charge in [0.1, 0.15) is 5.82 Å². The molecule has 0 aliphatic heterocycles. The van der Waals surface area contributed by atoms with Crippen molar-refractivity contribution in [2.24, 2.45) is 11.8 Å². The van der Waals surface area contributed by atoms with Crippen LogP contribution in [0.5, 0.6) is 0 Å². The van der Waals surface area contributed by atoms with Crippen molar-refractivity contribution in [1.82, 2.24) is 5.32 Å². The highest BCUT2D eigenvalue weighted by Gasteiger charge is 2.19. The fourth-order valence-corrected chi connectivity index (χ4v) is 2.54. The lowest BCUT2D eigenvalue weighted by Gasteiger charge is -2.26. The largest absolute Gasteiger partial charge is 0.396 e. The van der Waals surface area contributed by atoms with E-state index in [1.54, 1.807) is 6.07 Å². The van der Waals surface area contributed by atoms with Gasteiger partial charge < -0.3 is 11.1 Å². The first-order chi connectivity index (χ1) is 9.06. The molecule has 1 aliphatic carbocycles. The summed E-state index contributed by atoms with van der Waals surface area (Å²) >= 11 is 0. The molecule has 0 saturated heterocycles. The lowest BCUT2D eigenvalue weighted by molar-refractivity contribution is 0.0941. The Bertz CT molecular complexity index is 453. The molecule has 1 fully saturated rings. The van der Waals surface area contributed by atoms with Gasteiger partial charge in [0.15, 0.2) is 0 Å². The smallest absolute Gasteiger partial charge is 0.251 e. The Kier molecular flexibility index (Phi) is 4.40. The van der Waals surface area contributed by atoms with Gasteiger partial charge in [-0.15, -0.1) is 0 Å². The predicted molar refractivity (Wildman–Crippen MR) is 74.3 cm³/mol. The topological polar surface area (TPSA) is 55.1 Å². The van der Waals surface area contributed by atoms with E-state index < -0.39 is 5.82 Å². The average molecular weight is 264 g/mol. The minimum atomic E-state index is -0.542. The number of hydrogen-bond acceptors (Lipinski definition) is 2. The summed E-state index contributed by atoms with van der Waals surface area (Å²) in [6.07, 6.45) is 4.79. The van der Waals surface area contributed by atoms with E-state index >= 15 is 0 Å². The van der Waals surface area contributed by atoms with E-state index in [1.165, 1.54) is 25.0 Å². The van der Waals surface area contributed by atoms with Crippen LogP contribution in [0.2, 0.25) is 0 Å². The van der Waals surface area contributed by atoms with Gasteiger partial charge in [0, 0.05) is 12.1 Å². The normalized spacial score (nSPS) is 23.1. The number of anilines is 1. The zero-order valence-electron chi connectivity index (χ0n) is 11.3. The summed E-state index contributed by atoms with van der Waals surface area (Å²) in [5, 5.41) is 2.88. The average Bonchev–Trinajstić information content (AvgIpc) is 2.41. The summed E-state index contributed by atoms with van der Waals surface area (Å²) in [6, 6.07) is 4.16. The number of carbonyl (C=O) groups excluding carboxylic acids is 1. The number of halogens is 1. The van der Waals surface area contributed by atoms with E-state index in [9.17, 15) is 9.18 Å². The Morgan fingerprint density at radius 2 is 2.05 bits per heavy atom. The molecule has 0 atom stereocenters. The maximum absolute atomic E-state index is 13.3. The molecule has 0 spiro atoms. The van der Waals surface area contributed by atoms with Gasteiger partial charge in [-0.2, -0.15) is 0 Å². The van der Waals surface area contributed by atoms with Crippen molar-refractivity contribution in [2.75, 3.05) is 12.3 Å². The number of benzene rings is 1. The summed E-state index contributed by atoms with van der Waals surface area (Å²) in [7, 11) is 0. The molecule has 1 aromatic carbocycles. The lowest BCUT2D eigenvalue weighted by Crippen LogP contribution is -2.31. The summed E-state index contributed by atoms with van der Waals surface area (Å²) in [5.74, 6) is 0.591. The molecule has 0 heterocycles.